The summed E-state index contributed by atoms with van der Waals surface area (Å²) in [6, 6.07) is 25.5. The summed E-state index contributed by atoms with van der Waals surface area (Å²) in [6.07, 6.45) is 0.364. The number of amides is 3. The molecule has 1 aliphatic heterocycles. The van der Waals surface area contributed by atoms with Crippen molar-refractivity contribution in [1.29, 1.82) is 0 Å². The second-order valence-electron chi connectivity index (χ2n) is 10.6. The summed E-state index contributed by atoms with van der Waals surface area (Å²) in [5, 5.41) is 13.3. The lowest BCUT2D eigenvalue weighted by Crippen LogP contribution is -2.38. The standard InChI is InChI=1S/C35H32N4O7/c1-22(26-12-6-7-13-28(26)38-33(41)29-14-8-9-19-36-29)37-32(34(42)43)27(23-15-17-25(45-2)18-16-23)20-31(40)39-30(21-46-35(39)44)24-10-4-3-5-11-24/h3-19,27,30,32H,20-21H2,1-2H3,(H,38,41)(H,42,43)/t27-,30-,32+/m1/s1. The Bertz CT molecular complexity index is 1740. The highest BCUT2D eigenvalue weighted by Gasteiger charge is 2.41. The highest BCUT2D eigenvalue weighted by Crippen LogP contribution is 2.34. The van der Waals surface area contributed by atoms with Gasteiger partial charge in [-0.1, -0.05) is 66.7 Å². The molecule has 5 rings (SSSR count). The molecule has 0 unspecified atom stereocenters. The number of nitrogens with zero attached hydrogens (tertiary/aromatic N) is 3. The lowest BCUT2D eigenvalue weighted by atomic mass is 9.87. The third-order valence-corrected chi connectivity index (χ3v) is 7.69. The maximum atomic E-state index is 13.8. The Morgan fingerprint density at radius 2 is 1.70 bits per heavy atom. The normalized spacial score (nSPS) is 15.9. The third-order valence-electron chi connectivity index (χ3n) is 7.69. The number of ether oxygens (including phenoxy) is 2. The topological polar surface area (TPSA) is 147 Å². The Labute approximate surface area is 265 Å². The van der Waals surface area contributed by atoms with Crippen molar-refractivity contribution < 1.29 is 33.8 Å². The molecule has 0 radical (unpaired) electrons. The molecule has 1 aromatic heterocycles. The van der Waals surface area contributed by atoms with Gasteiger partial charge in [0, 0.05) is 29.8 Å². The average Bonchev–Trinajstić information content (AvgIpc) is 3.48. The lowest BCUT2D eigenvalue weighted by molar-refractivity contribution is -0.139. The average molecular weight is 621 g/mol. The number of pyridine rings is 1. The number of nitrogens with one attached hydrogen (secondary N) is 1. The van der Waals surface area contributed by atoms with Crippen LogP contribution in [0.4, 0.5) is 10.5 Å². The van der Waals surface area contributed by atoms with E-state index in [1.807, 2.05) is 6.07 Å². The molecule has 1 saturated heterocycles. The number of methoxy groups -OCH3 is 1. The molecule has 0 spiro atoms. The van der Waals surface area contributed by atoms with Crippen LogP contribution < -0.4 is 10.1 Å². The maximum absolute atomic E-state index is 13.8. The van der Waals surface area contributed by atoms with Crippen LogP contribution in [0.5, 0.6) is 5.75 Å². The van der Waals surface area contributed by atoms with Crippen molar-refractivity contribution in [3.05, 3.63) is 126 Å². The smallest absolute Gasteiger partial charge is 0.417 e. The van der Waals surface area contributed by atoms with Crippen LogP contribution in [-0.2, 0) is 14.3 Å². The molecule has 234 valence electrons. The fraction of sp³-hybridized carbons (Fsp3) is 0.200. The van der Waals surface area contributed by atoms with Gasteiger partial charge in [-0.25, -0.2) is 14.5 Å². The quantitative estimate of drug-likeness (QED) is 0.209. The Balaban J connectivity index is 1.49. The molecule has 4 aromatic rings. The van der Waals surface area contributed by atoms with Crippen LogP contribution in [0.25, 0.3) is 0 Å². The molecule has 2 N–H and O–H groups in total. The van der Waals surface area contributed by atoms with Crippen molar-refractivity contribution in [2.75, 3.05) is 19.0 Å². The van der Waals surface area contributed by atoms with Gasteiger partial charge in [-0.05, 0) is 48.4 Å². The van der Waals surface area contributed by atoms with E-state index in [1.54, 1.807) is 97.9 Å². The molecule has 3 aromatic carbocycles. The number of benzene rings is 3. The van der Waals surface area contributed by atoms with E-state index in [0.29, 0.717) is 28.3 Å². The number of aliphatic imine (C=N–C) groups is 1. The SMILES string of the molecule is COc1ccc([C@@H](CC(=O)N2C(=O)OC[C@@H]2c2ccccc2)[C@H](N=C(C)c2ccccc2NC(=O)c2ccccn2)C(=O)O)cc1. The first-order valence-electron chi connectivity index (χ1n) is 14.5. The van der Waals surface area contributed by atoms with Crippen molar-refractivity contribution >= 4 is 35.3 Å². The summed E-state index contributed by atoms with van der Waals surface area (Å²) in [7, 11) is 1.51. The van der Waals surface area contributed by atoms with Gasteiger partial charge in [0.1, 0.15) is 24.1 Å². The highest BCUT2D eigenvalue weighted by atomic mass is 16.6. The van der Waals surface area contributed by atoms with Crippen LogP contribution in [0.2, 0.25) is 0 Å². The van der Waals surface area contributed by atoms with Gasteiger partial charge in [0.05, 0.1) is 12.8 Å². The largest absolute Gasteiger partial charge is 0.497 e. The molecule has 11 heteroatoms. The minimum absolute atomic E-state index is 0.0115. The summed E-state index contributed by atoms with van der Waals surface area (Å²) in [6.45, 7) is 1.63. The first kappa shape index (κ1) is 31.6. The van der Waals surface area contributed by atoms with Gasteiger partial charge in [-0.3, -0.25) is 19.6 Å². The minimum atomic E-state index is -1.44. The van der Waals surface area contributed by atoms with Crippen LogP contribution in [0.1, 0.15) is 52.5 Å². The summed E-state index contributed by atoms with van der Waals surface area (Å²) < 4.78 is 10.5. The molecule has 0 saturated carbocycles. The van der Waals surface area contributed by atoms with Gasteiger partial charge in [0.25, 0.3) is 5.91 Å². The Hall–Kier alpha value is -5.84. The number of para-hydroxylation sites is 1. The predicted octanol–water partition coefficient (Wildman–Crippen LogP) is 5.50. The summed E-state index contributed by atoms with van der Waals surface area (Å²) in [5.74, 6) is -2.75. The molecular formula is C35H32N4O7. The molecule has 1 fully saturated rings. The number of carbonyl (C=O) groups is 4. The van der Waals surface area contributed by atoms with Crippen molar-refractivity contribution in [1.82, 2.24) is 9.88 Å². The fourth-order valence-corrected chi connectivity index (χ4v) is 5.35. The second-order valence-corrected chi connectivity index (χ2v) is 10.6. The fourth-order valence-electron chi connectivity index (χ4n) is 5.35. The third kappa shape index (κ3) is 7.10. The first-order chi connectivity index (χ1) is 22.3. The van der Waals surface area contributed by atoms with Crippen LogP contribution in [0, 0.1) is 0 Å². The number of hydrogen-bond donors (Lipinski definition) is 2. The van der Waals surface area contributed by atoms with E-state index in [9.17, 15) is 24.3 Å². The summed E-state index contributed by atoms with van der Waals surface area (Å²) >= 11 is 0. The van der Waals surface area contributed by atoms with E-state index >= 15 is 0 Å². The number of rotatable bonds is 11. The zero-order valence-electron chi connectivity index (χ0n) is 25.2. The number of cyclic esters (lactones) is 1. The molecule has 0 aliphatic carbocycles. The van der Waals surface area contributed by atoms with E-state index < -0.39 is 41.9 Å². The Morgan fingerprint density at radius 3 is 2.37 bits per heavy atom. The molecule has 3 atom stereocenters. The van der Waals surface area contributed by atoms with Crippen LogP contribution in [-0.4, -0.2) is 64.3 Å². The number of hydrogen-bond acceptors (Lipinski definition) is 8. The number of imide groups is 1. The zero-order valence-corrected chi connectivity index (χ0v) is 25.2. The molecule has 1 aliphatic rings. The van der Waals surface area contributed by atoms with Crippen LogP contribution in [0.3, 0.4) is 0 Å². The Morgan fingerprint density at radius 1 is 1.00 bits per heavy atom. The Kier molecular flexibility index (Phi) is 9.81. The number of carboxylic acid groups (broad SMARTS) is 1. The lowest BCUT2D eigenvalue weighted by Gasteiger charge is -2.26. The van der Waals surface area contributed by atoms with E-state index in [1.165, 1.54) is 13.3 Å². The van der Waals surface area contributed by atoms with Crippen molar-refractivity contribution in [2.24, 2.45) is 4.99 Å². The second kappa shape index (κ2) is 14.3. The zero-order chi connectivity index (χ0) is 32.6. The highest BCUT2D eigenvalue weighted by molar-refractivity contribution is 6.10. The van der Waals surface area contributed by atoms with E-state index in [2.05, 4.69) is 15.3 Å². The summed E-state index contributed by atoms with van der Waals surface area (Å²) in [4.78, 5) is 62.1. The molecule has 2 heterocycles. The number of carboxylic acids is 1. The predicted molar refractivity (Wildman–Crippen MR) is 170 cm³/mol. The summed E-state index contributed by atoms with van der Waals surface area (Å²) in [5.41, 5.74) is 2.66. The van der Waals surface area contributed by atoms with Gasteiger partial charge in [0.15, 0.2) is 6.04 Å². The minimum Gasteiger partial charge on any atom is -0.497 e. The van der Waals surface area contributed by atoms with Gasteiger partial charge < -0.3 is 19.9 Å². The van der Waals surface area contributed by atoms with E-state index in [0.717, 1.165) is 10.5 Å². The van der Waals surface area contributed by atoms with Crippen molar-refractivity contribution in [3.8, 4) is 5.75 Å². The van der Waals surface area contributed by atoms with Gasteiger partial charge in [-0.2, -0.15) is 0 Å². The molecule has 46 heavy (non-hydrogen) atoms. The maximum Gasteiger partial charge on any atom is 0.417 e. The number of aromatic nitrogens is 1. The first-order valence-corrected chi connectivity index (χ1v) is 14.5. The van der Waals surface area contributed by atoms with Crippen molar-refractivity contribution in [2.45, 2.75) is 31.3 Å². The monoisotopic (exact) mass is 620 g/mol. The molecule has 0 bridgehead atoms. The van der Waals surface area contributed by atoms with Gasteiger partial charge >= 0.3 is 12.1 Å². The van der Waals surface area contributed by atoms with Crippen LogP contribution >= 0.6 is 0 Å². The number of carbonyl (C=O) groups excluding carboxylic acids is 3. The van der Waals surface area contributed by atoms with Gasteiger partial charge in [0.2, 0.25) is 5.91 Å². The molecular weight excluding hydrogens is 588 g/mol. The molecule has 3 amide bonds. The molecule has 11 nitrogen and oxygen atoms in total. The van der Waals surface area contributed by atoms with E-state index in [4.69, 9.17) is 9.47 Å². The number of aliphatic carboxylic acids is 1. The van der Waals surface area contributed by atoms with Crippen LogP contribution in [0.15, 0.2) is 108 Å². The van der Waals surface area contributed by atoms with Gasteiger partial charge in [-0.15, -0.1) is 0 Å². The number of anilines is 1. The van der Waals surface area contributed by atoms with Crippen molar-refractivity contribution in [3.63, 3.8) is 0 Å². The van der Waals surface area contributed by atoms with E-state index in [-0.39, 0.29) is 18.7 Å².